The van der Waals surface area contributed by atoms with Gasteiger partial charge in [0.1, 0.15) is 0 Å². The minimum atomic E-state index is 1.22. The van der Waals surface area contributed by atoms with E-state index in [0.29, 0.717) is 0 Å². The van der Waals surface area contributed by atoms with E-state index in [-0.39, 0.29) is 0 Å². The molecule has 214 valence electrons. The van der Waals surface area contributed by atoms with Crippen LogP contribution in [0.4, 0.5) is 0 Å². The van der Waals surface area contributed by atoms with Crippen LogP contribution in [0, 0.1) is 0 Å². The average Bonchev–Trinajstić information content (AvgIpc) is 3.14. The van der Waals surface area contributed by atoms with Crippen LogP contribution in [0.25, 0.3) is 87.6 Å². The quantitative estimate of drug-likeness (QED) is 0.143. The molecule has 0 aliphatic rings. The molecule has 0 saturated carbocycles. The van der Waals surface area contributed by atoms with Crippen molar-refractivity contribution in [3.05, 3.63) is 182 Å². The fourth-order valence-electron chi connectivity index (χ4n) is 7.23. The van der Waals surface area contributed by atoms with Crippen LogP contribution >= 0.6 is 0 Å². The Morgan fingerprint density at radius 1 is 0.196 bits per heavy atom. The monoisotopic (exact) mass is 582 g/mol. The molecular weight excluding hydrogens is 553 g/mol. The van der Waals surface area contributed by atoms with Gasteiger partial charge in [-0.2, -0.15) is 0 Å². The van der Waals surface area contributed by atoms with Crippen molar-refractivity contribution in [1.29, 1.82) is 0 Å². The second-order valence-electron chi connectivity index (χ2n) is 12.1. The molecule has 0 N–H and O–H groups in total. The van der Waals surface area contributed by atoms with Gasteiger partial charge < -0.3 is 0 Å². The van der Waals surface area contributed by atoms with Crippen molar-refractivity contribution in [2.45, 2.75) is 0 Å². The van der Waals surface area contributed by atoms with Gasteiger partial charge in [0.25, 0.3) is 0 Å². The number of rotatable bonds is 4. The average molecular weight is 583 g/mol. The second-order valence-corrected chi connectivity index (χ2v) is 12.1. The van der Waals surface area contributed by atoms with E-state index in [1.54, 1.807) is 0 Å². The Morgan fingerprint density at radius 2 is 0.565 bits per heavy atom. The molecule has 9 aromatic rings. The van der Waals surface area contributed by atoms with Crippen molar-refractivity contribution in [3.63, 3.8) is 0 Å². The molecular formula is C46H30. The zero-order valence-corrected chi connectivity index (χ0v) is 25.3. The molecule has 46 heavy (non-hydrogen) atoms. The third-order valence-electron chi connectivity index (χ3n) is 9.46. The molecule has 0 heteroatoms. The van der Waals surface area contributed by atoms with E-state index in [1.807, 2.05) is 0 Å². The first-order chi connectivity index (χ1) is 22.8. The maximum Gasteiger partial charge on any atom is -0.00264 e. The Kier molecular flexibility index (Phi) is 6.25. The van der Waals surface area contributed by atoms with Gasteiger partial charge in [0, 0.05) is 0 Å². The number of benzene rings is 9. The Bertz CT molecular complexity index is 2480. The molecule has 0 nitrogen and oxygen atoms in total. The molecule has 9 rings (SSSR count). The minimum absolute atomic E-state index is 1.22. The van der Waals surface area contributed by atoms with Crippen LogP contribution in [-0.2, 0) is 0 Å². The molecule has 0 unspecified atom stereocenters. The fraction of sp³-hybridized carbons (Fsp3) is 0. The molecule has 0 aliphatic heterocycles. The van der Waals surface area contributed by atoms with Crippen LogP contribution in [-0.4, -0.2) is 0 Å². The third-order valence-corrected chi connectivity index (χ3v) is 9.46. The summed E-state index contributed by atoms with van der Waals surface area (Å²) < 4.78 is 0. The van der Waals surface area contributed by atoms with Crippen molar-refractivity contribution in [3.8, 4) is 44.5 Å². The fourth-order valence-corrected chi connectivity index (χ4v) is 7.23. The lowest BCUT2D eigenvalue weighted by molar-refractivity contribution is 1.61. The molecule has 9 aromatic carbocycles. The minimum Gasteiger partial charge on any atom is -0.0622 e. The normalized spacial score (nSPS) is 11.5. The van der Waals surface area contributed by atoms with Crippen molar-refractivity contribution >= 4 is 43.1 Å². The number of hydrogen-bond acceptors (Lipinski definition) is 0. The van der Waals surface area contributed by atoms with E-state index in [2.05, 4.69) is 182 Å². The van der Waals surface area contributed by atoms with Crippen LogP contribution in [0.15, 0.2) is 182 Å². The smallest absolute Gasteiger partial charge is 0.00264 e. The van der Waals surface area contributed by atoms with Gasteiger partial charge in [-0.15, -0.1) is 0 Å². The Morgan fingerprint density at radius 3 is 1.13 bits per heavy atom. The summed E-state index contributed by atoms with van der Waals surface area (Å²) in [5.74, 6) is 0. The highest BCUT2D eigenvalue weighted by Crippen LogP contribution is 2.44. The van der Waals surface area contributed by atoms with E-state index < -0.39 is 0 Å². The zero-order valence-electron chi connectivity index (χ0n) is 25.3. The van der Waals surface area contributed by atoms with E-state index in [9.17, 15) is 0 Å². The Labute approximate surface area is 268 Å². The molecule has 0 amide bonds. The summed E-state index contributed by atoms with van der Waals surface area (Å²) in [5, 5.41) is 10.2. The topological polar surface area (TPSA) is 0 Å². The van der Waals surface area contributed by atoms with E-state index in [4.69, 9.17) is 0 Å². The van der Waals surface area contributed by atoms with Crippen LogP contribution in [0.3, 0.4) is 0 Å². The van der Waals surface area contributed by atoms with Crippen LogP contribution in [0.5, 0.6) is 0 Å². The van der Waals surface area contributed by atoms with E-state index in [1.165, 1.54) is 87.6 Å². The highest BCUT2D eigenvalue weighted by molar-refractivity contribution is 6.21. The standard InChI is InChI=1S/C46H30/c1-2-10-31(11-3-1)32-18-23-35(24-19-32)45-41-14-6-8-16-43(41)46(44-17-9-7-15-42(44)45)36-25-20-33(21-26-36)37-28-29-40-38(30-37)27-22-34-12-4-5-13-39(34)40/h1-30H. The lowest BCUT2D eigenvalue weighted by Crippen LogP contribution is -1.91. The van der Waals surface area contributed by atoms with E-state index in [0.717, 1.165) is 0 Å². The van der Waals surface area contributed by atoms with Crippen LogP contribution in [0.2, 0.25) is 0 Å². The molecule has 0 bridgehead atoms. The second kappa shape index (κ2) is 10.9. The Hall–Kier alpha value is -5.98. The van der Waals surface area contributed by atoms with Crippen molar-refractivity contribution in [1.82, 2.24) is 0 Å². The zero-order chi connectivity index (χ0) is 30.5. The SMILES string of the molecule is c1ccc(-c2ccc(-c3c4ccccc4c(-c4ccc(-c5ccc6c(ccc7ccccc76)c5)cc4)c4ccccc34)cc2)cc1. The third kappa shape index (κ3) is 4.38. The summed E-state index contributed by atoms with van der Waals surface area (Å²) in [7, 11) is 0. The van der Waals surface area contributed by atoms with Gasteiger partial charge in [-0.25, -0.2) is 0 Å². The van der Waals surface area contributed by atoms with Crippen LogP contribution in [0.1, 0.15) is 0 Å². The summed E-state index contributed by atoms with van der Waals surface area (Å²) in [5.41, 5.74) is 9.96. The molecule has 0 fully saturated rings. The van der Waals surface area contributed by atoms with Crippen LogP contribution < -0.4 is 0 Å². The summed E-state index contributed by atoms with van der Waals surface area (Å²) in [6.45, 7) is 0. The van der Waals surface area contributed by atoms with Crippen molar-refractivity contribution < 1.29 is 0 Å². The number of hydrogen-bond donors (Lipinski definition) is 0. The van der Waals surface area contributed by atoms with Crippen molar-refractivity contribution in [2.75, 3.05) is 0 Å². The predicted molar refractivity (Wildman–Crippen MR) is 198 cm³/mol. The summed E-state index contributed by atoms with van der Waals surface area (Å²) in [4.78, 5) is 0. The lowest BCUT2D eigenvalue weighted by atomic mass is 9.85. The largest absolute Gasteiger partial charge is 0.0622 e. The van der Waals surface area contributed by atoms with Gasteiger partial charge in [0.15, 0.2) is 0 Å². The molecule has 0 aliphatic carbocycles. The van der Waals surface area contributed by atoms with Crippen molar-refractivity contribution in [2.24, 2.45) is 0 Å². The molecule has 0 saturated heterocycles. The Balaban J connectivity index is 1.16. The lowest BCUT2D eigenvalue weighted by Gasteiger charge is -2.18. The maximum atomic E-state index is 2.32. The van der Waals surface area contributed by atoms with E-state index >= 15 is 0 Å². The molecule has 0 spiro atoms. The first-order valence-corrected chi connectivity index (χ1v) is 15.9. The molecule has 0 radical (unpaired) electrons. The summed E-state index contributed by atoms with van der Waals surface area (Å²) in [6.07, 6.45) is 0. The first kappa shape index (κ1) is 26.4. The highest BCUT2D eigenvalue weighted by Gasteiger charge is 2.16. The maximum absolute atomic E-state index is 2.32. The predicted octanol–water partition coefficient (Wildman–Crippen LogP) is 13.0. The van der Waals surface area contributed by atoms with Gasteiger partial charge in [-0.1, -0.05) is 176 Å². The summed E-state index contributed by atoms with van der Waals surface area (Å²) >= 11 is 0. The van der Waals surface area contributed by atoms with Gasteiger partial charge in [0.2, 0.25) is 0 Å². The molecule has 0 heterocycles. The first-order valence-electron chi connectivity index (χ1n) is 15.9. The van der Waals surface area contributed by atoms with Gasteiger partial charge in [-0.05, 0) is 93.7 Å². The molecule has 0 atom stereocenters. The van der Waals surface area contributed by atoms with Gasteiger partial charge in [-0.3, -0.25) is 0 Å². The van der Waals surface area contributed by atoms with Gasteiger partial charge >= 0.3 is 0 Å². The molecule has 0 aromatic heterocycles. The number of fused-ring (bicyclic) bond motifs is 5. The highest BCUT2D eigenvalue weighted by atomic mass is 14.2. The summed E-state index contributed by atoms with van der Waals surface area (Å²) in [6, 6.07) is 66.5. The van der Waals surface area contributed by atoms with Gasteiger partial charge in [0.05, 0.1) is 0 Å².